The predicted molar refractivity (Wildman–Crippen MR) is 211 cm³/mol. The van der Waals surface area contributed by atoms with Crippen LogP contribution in [-0.2, 0) is 0 Å². The van der Waals surface area contributed by atoms with Crippen molar-refractivity contribution in [1.82, 2.24) is 24.5 Å². The lowest BCUT2D eigenvalue weighted by atomic mass is 10.1. The van der Waals surface area contributed by atoms with Crippen LogP contribution >= 0.6 is 0 Å². The zero-order chi connectivity index (χ0) is 34.9. The first kappa shape index (κ1) is 29.4. The predicted octanol–water partition coefficient (Wildman–Crippen LogP) is 11.7. The number of hydrogen-bond acceptors (Lipinski definition) is 6. The Hall–Kier alpha value is -7.38. The minimum absolute atomic E-state index is 0.504. The van der Waals surface area contributed by atoms with Gasteiger partial charge in [0.05, 0.1) is 27.7 Å². The highest BCUT2D eigenvalue weighted by molar-refractivity contribution is 6.13. The molecule has 0 fully saturated rings. The largest absolute Gasteiger partial charge is 0.455 e. The average Bonchev–Trinajstić information content (AvgIpc) is 3.93. The van der Waals surface area contributed by atoms with E-state index >= 15 is 0 Å². The second-order valence-electron chi connectivity index (χ2n) is 13.0. The number of fused-ring (bicyclic) bond motifs is 7. The van der Waals surface area contributed by atoms with Gasteiger partial charge in [0.2, 0.25) is 0 Å². The lowest BCUT2D eigenvalue weighted by Crippen LogP contribution is -2.00. The van der Waals surface area contributed by atoms with Gasteiger partial charge in [-0.2, -0.15) is 0 Å². The fraction of sp³-hybridized carbons (Fsp3) is 0. The van der Waals surface area contributed by atoms with Crippen molar-refractivity contribution < 1.29 is 8.83 Å². The molecule has 11 aromatic rings. The van der Waals surface area contributed by atoms with Gasteiger partial charge in [-0.3, -0.25) is 4.57 Å². The fourth-order valence-corrected chi connectivity index (χ4v) is 7.47. The van der Waals surface area contributed by atoms with Crippen LogP contribution in [0.4, 0.5) is 0 Å². The van der Waals surface area contributed by atoms with Crippen LogP contribution in [0, 0.1) is 0 Å². The summed E-state index contributed by atoms with van der Waals surface area (Å²) in [6.07, 6.45) is 0. The van der Waals surface area contributed by atoms with Gasteiger partial charge in [0, 0.05) is 32.8 Å². The summed E-state index contributed by atoms with van der Waals surface area (Å²) in [7, 11) is 0. The molecule has 4 heterocycles. The van der Waals surface area contributed by atoms with Crippen LogP contribution < -0.4 is 0 Å². The highest BCUT2D eigenvalue weighted by Crippen LogP contribution is 2.41. The van der Waals surface area contributed by atoms with E-state index in [0.717, 1.165) is 83.1 Å². The summed E-state index contributed by atoms with van der Waals surface area (Å²) in [5, 5.41) is 4.00. The van der Waals surface area contributed by atoms with Crippen molar-refractivity contribution in [2.45, 2.75) is 0 Å². The van der Waals surface area contributed by atoms with Gasteiger partial charge >= 0.3 is 0 Å². The van der Waals surface area contributed by atoms with Gasteiger partial charge in [0.25, 0.3) is 0 Å². The maximum atomic E-state index is 6.94. The van der Waals surface area contributed by atoms with Gasteiger partial charge in [-0.25, -0.2) is 19.9 Å². The topological polar surface area (TPSA) is 82.8 Å². The summed E-state index contributed by atoms with van der Waals surface area (Å²) in [5.74, 6) is 2.38. The van der Waals surface area contributed by atoms with Gasteiger partial charge in [-0.1, -0.05) is 115 Å². The normalized spacial score (nSPS) is 11.8. The van der Waals surface area contributed by atoms with Crippen LogP contribution in [0.15, 0.2) is 173 Å². The van der Waals surface area contributed by atoms with Gasteiger partial charge < -0.3 is 8.83 Å². The Kier molecular flexibility index (Phi) is 6.42. The number of nitrogens with zero attached hydrogens (tertiary/aromatic N) is 5. The second-order valence-corrected chi connectivity index (χ2v) is 13.0. The van der Waals surface area contributed by atoms with E-state index in [-0.39, 0.29) is 0 Å². The third-order valence-electron chi connectivity index (χ3n) is 9.89. The third kappa shape index (κ3) is 4.61. The molecular weight excluding hydrogens is 655 g/mol. The summed E-state index contributed by atoms with van der Waals surface area (Å²) in [6, 6.07) is 55.0. The summed E-state index contributed by atoms with van der Waals surface area (Å²) in [6.45, 7) is 0. The molecule has 0 spiro atoms. The van der Waals surface area contributed by atoms with E-state index in [4.69, 9.17) is 28.8 Å². The first-order valence-corrected chi connectivity index (χ1v) is 17.5. The molecule has 0 aliphatic rings. The van der Waals surface area contributed by atoms with E-state index in [2.05, 4.69) is 59.2 Å². The van der Waals surface area contributed by atoms with Crippen LogP contribution in [-0.4, -0.2) is 24.5 Å². The molecule has 0 saturated heterocycles. The smallest absolute Gasteiger partial charge is 0.167 e. The van der Waals surface area contributed by atoms with Gasteiger partial charge in [0.1, 0.15) is 28.2 Å². The molecule has 0 bridgehead atoms. The van der Waals surface area contributed by atoms with E-state index in [9.17, 15) is 0 Å². The minimum atomic E-state index is 0.504. The number of aromatic nitrogens is 5. The lowest BCUT2D eigenvalue weighted by molar-refractivity contribution is 0.669. The molecular formula is C46H27N5O2. The van der Waals surface area contributed by atoms with Crippen molar-refractivity contribution in [2.75, 3.05) is 0 Å². The van der Waals surface area contributed by atoms with E-state index in [1.54, 1.807) is 0 Å². The van der Waals surface area contributed by atoms with Crippen LogP contribution in [0.3, 0.4) is 0 Å². The van der Waals surface area contributed by atoms with Crippen molar-refractivity contribution in [2.24, 2.45) is 0 Å². The molecule has 7 nitrogen and oxygen atoms in total. The molecule has 0 unspecified atom stereocenters. The monoisotopic (exact) mass is 681 g/mol. The highest BCUT2D eigenvalue weighted by Gasteiger charge is 2.23. The Labute approximate surface area is 302 Å². The summed E-state index contributed by atoms with van der Waals surface area (Å²) in [4.78, 5) is 20.4. The molecule has 7 aromatic carbocycles. The molecule has 0 saturated carbocycles. The van der Waals surface area contributed by atoms with Gasteiger partial charge in [0.15, 0.2) is 17.5 Å². The molecule has 0 atom stereocenters. The number of furan rings is 2. The zero-order valence-electron chi connectivity index (χ0n) is 28.1. The van der Waals surface area contributed by atoms with E-state index < -0.39 is 0 Å². The number of benzene rings is 7. The number of hydrogen-bond donors (Lipinski definition) is 0. The van der Waals surface area contributed by atoms with Crippen LogP contribution in [0.5, 0.6) is 0 Å². The van der Waals surface area contributed by atoms with Crippen LogP contribution in [0.1, 0.15) is 0 Å². The standard InChI is InChI=1S/C46H27N5O2/c1-3-14-28(15-4-1)43-48-44(34-22-11-19-31-30-18-7-10-27-39(30)52-40(31)34)50-45(49-43)35-23-12-20-32-33-21-13-24-36(42(33)53-41(32)35)46-47-37-25-8-9-26-38(37)51(46)29-16-5-2-6-17-29/h1-27H. The Morgan fingerprint density at radius 2 is 0.906 bits per heavy atom. The molecule has 0 N–H and O–H groups in total. The minimum Gasteiger partial charge on any atom is -0.455 e. The van der Waals surface area contributed by atoms with Crippen molar-refractivity contribution in [3.8, 4) is 51.2 Å². The second kappa shape index (κ2) is 11.6. The molecule has 0 amide bonds. The number of imidazole rings is 1. The molecule has 7 heteroatoms. The maximum absolute atomic E-state index is 6.94. The maximum Gasteiger partial charge on any atom is 0.167 e. The average molecular weight is 682 g/mol. The Balaban J connectivity index is 1.15. The van der Waals surface area contributed by atoms with E-state index in [1.165, 1.54) is 0 Å². The van der Waals surface area contributed by atoms with Crippen molar-refractivity contribution >= 4 is 54.9 Å². The molecule has 0 radical (unpaired) electrons. The van der Waals surface area contributed by atoms with Crippen molar-refractivity contribution in [1.29, 1.82) is 0 Å². The first-order valence-electron chi connectivity index (χ1n) is 17.5. The highest BCUT2D eigenvalue weighted by atomic mass is 16.3. The van der Waals surface area contributed by atoms with Crippen molar-refractivity contribution in [3.63, 3.8) is 0 Å². The molecule has 53 heavy (non-hydrogen) atoms. The molecule has 0 aliphatic carbocycles. The summed E-state index contributed by atoms with van der Waals surface area (Å²) < 4.78 is 15.6. The SMILES string of the molecule is c1ccc(-c2nc(-c3cccc4c3oc3ccccc34)nc(-c3cccc4c3oc3c(-c5nc6ccccc6n5-c5ccccc5)cccc34)n2)cc1. The molecule has 248 valence electrons. The van der Waals surface area contributed by atoms with Gasteiger partial charge in [-0.15, -0.1) is 0 Å². The van der Waals surface area contributed by atoms with Crippen molar-refractivity contribution in [3.05, 3.63) is 164 Å². The summed E-state index contributed by atoms with van der Waals surface area (Å²) >= 11 is 0. The molecule has 11 rings (SSSR count). The first-order chi connectivity index (χ1) is 26.3. The van der Waals surface area contributed by atoms with Crippen LogP contribution in [0.2, 0.25) is 0 Å². The van der Waals surface area contributed by atoms with Gasteiger partial charge in [-0.05, 0) is 48.5 Å². The Morgan fingerprint density at radius 1 is 0.377 bits per heavy atom. The quantitative estimate of drug-likeness (QED) is 0.180. The third-order valence-corrected chi connectivity index (χ3v) is 9.89. The molecule has 4 aromatic heterocycles. The van der Waals surface area contributed by atoms with Crippen LogP contribution in [0.25, 0.3) is 106 Å². The number of para-hydroxylation sites is 7. The molecule has 0 aliphatic heterocycles. The fourth-order valence-electron chi connectivity index (χ4n) is 7.47. The van der Waals surface area contributed by atoms with E-state index in [1.807, 2.05) is 109 Å². The van der Waals surface area contributed by atoms with E-state index in [0.29, 0.717) is 23.1 Å². The zero-order valence-corrected chi connectivity index (χ0v) is 28.1. The summed E-state index contributed by atoms with van der Waals surface area (Å²) in [5.41, 5.74) is 9.26. The lowest BCUT2D eigenvalue weighted by Gasteiger charge is -2.10. The Morgan fingerprint density at radius 3 is 1.64 bits per heavy atom. The number of rotatable bonds is 5. The Bertz CT molecular complexity index is 3180.